The highest BCUT2D eigenvalue weighted by molar-refractivity contribution is 6.42. The Balaban J connectivity index is 1.78. The highest BCUT2D eigenvalue weighted by Crippen LogP contribution is 2.54. The number of amides is 1. The van der Waals surface area contributed by atoms with E-state index in [1.807, 2.05) is 6.07 Å². The Morgan fingerprint density at radius 2 is 1.80 bits per heavy atom. The molecule has 2 nitrogen and oxygen atoms in total. The summed E-state index contributed by atoms with van der Waals surface area (Å²) in [5.74, 6) is 0.767. The fourth-order valence-corrected chi connectivity index (χ4v) is 3.77. The molecule has 4 heteroatoms. The van der Waals surface area contributed by atoms with Gasteiger partial charge in [0.05, 0.1) is 15.5 Å². The van der Waals surface area contributed by atoms with Gasteiger partial charge in [-0.2, -0.15) is 0 Å². The summed E-state index contributed by atoms with van der Waals surface area (Å²) in [5, 5.41) is 4.05. The first-order valence-electron chi connectivity index (χ1n) is 7.38. The molecule has 0 radical (unpaired) electrons. The molecule has 20 heavy (non-hydrogen) atoms. The standard InChI is InChI=1S/C16H19Cl2NO/c17-13-7-6-12(10-14(13)18)19-15(20)16(11-4-5-11)8-2-1-3-9-16/h6-7,10-11H,1-5,8-9H2,(H,19,20). The molecule has 1 amide bonds. The summed E-state index contributed by atoms with van der Waals surface area (Å²) in [4.78, 5) is 12.8. The van der Waals surface area contributed by atoms with Gasteiger partial charge in [0.1, 0.15) is 0 Å². The van der Waals surface area contributed by atoms with Crippen molar-refractivity contribution in [2.24, 2.45) is 11.3 Å². The largest absolute Gasteiger partial charge is 0.326 e. The van der Waals surface area contributed by atoms with Crippen LogP contribution in [0.15, 0.2) is 18.2 Å². The van der Waals surface area contributed by atoms with Crippen molar-refractivity contribution in [1.29, 1.82) is 0 Å². The van der Waals surface area contributed by atoms with E-state index in [1.54, 1.807) is 12.1 Å². The van der Waals surface area contributed by atoms with Crippen molar-refractivity contribution in [3.63, 3.8) is 0 Å². The molecule has 0 saturated heterocycles. The van der Waals surface area contributed by atoms with E-state index in [-0.39, 0.29) is 11.3 Å². The minimum atomic E-state index is -0.135. The third-order valence-corrected chi connectivity index (χ3v) is 5.47. The van der Waals surface area contributed by atoms with Gasteiger partial charge in [-0.15, -0.1) is 0 Å². The van der Waals surface area contributed by atoms with E-state index in [0.717, 1.165) is 18.5 Å². The van der Waals surface area contributed by atoms with Crippen molar-refractivity contribution in [1.82, 2.24) is 0 Å². The van der Waals surface area contributed by atoms with E-state index in [9.17, 15) is 4.79 Å². The van der Waals surface area contributed by atoms with Crippen LogP contribution in [0.3, 0.4) is 0 Å². The number of nitrogens with one attached hydrogen (secondary N) is 1. The molecule has 1 aromatic carbocycles. The Kier molecular flexibility index (Phi) is 3.96. The number of carbonyl (C=O) groups excluding carboxylic acids is 1. The van der Waals surface area contributed by atoms with Crippen molar-refractivity contribution in [3.05, 3.63) is 28.2 Å². The number of anilines is 1. The summed E-state index contributed by atoms with van der Waals surface area (Å²) in [7, 11) is 0. The third-order valence-electron chi connectivity index (χ3n) is 4.73. The number of carbonyl (C=O) groups is 1. The van der Waals surface area contributed by atoms with Crippen LogP contribution < -0.4 is 5.32 Å². The lowest BCUT2D eigenvalue weighted by Crippen LogP contribution is -2.39. The minimum Gasteiger partial charge on any atom is -0.326 e. The van der Waals surface area contributed by atoms with Gasteiger partial charge in [-0.3, -0.25) is 4.79 Å². The van der Waals surface area contributed by atoms with Gasteiger partial charge in [-0.25, -0.2) is 0 Å². The Morgan fingerprint density at radius 3 is 2.40 bits per heavy atom. The molecule has 0 atom stereocenters. The predicted molar refractivity (Wildman–Crippen MR) is 83.3 cm³/mol. The summed E-state index contributed by atoms with van der Waals surface area (Å²) >= 11 is 11.9. The van der Waals surface area contributed by atoms with E-state index in [2.05, 4.69) is 5.32 Å². The Morgan fingerprint density at radius 1 is 1.10 bits per heavy atom. The lowest BCUT2D eigenvalue weighted by Gasteiger charge is -2.36. The summed E-state index contributed by atoms with van der Waals surface area (Å²) < 4.78 is 0. The Bertz CT molecular complexity index is 519. The molecule has 2 fully saturated rings. The number of hydrogen-bond donors (Lipinski definition) is 1. The second-order valence-electron chi connectivity index (χ2n) is 6.07. The zero-order valence-corrected chi connectivity index (χ0v) is 12.9. The van der Waals surface area contributed by atoms with Gasteiger partial charge >= 0.3 is 0 Å². The molecular formula is C16H19Cl2NO. The summed E-state index contributed by atoms with van der Waals surface area (Å²) in [6.45, 7) is 0. The smallest absolute Gasteiger partial charge is 0.230 e. The number of benzene rings is 1. The molecule has 2 aliphatic carbocycles. The highest BCUT2D eigenvalue weighted by atomic mass is 35.5. The summed E-state index contributed by atoms with van der Waals surface area (Å²) in [5.41, 5.74) is 0.611. The Hall–Kier alpha value is -0.730. The molecule has 3 rings (SSSR count). The first-order valence-corrected chi connectivity index (χ1v) is 8.14. The van der Waals surface area contributed by atoms with Crippen molar-refractivity contribution < 1.29 is 4.79 Å². The zero-order chi connectivity index (χ0) is 14.2. The SMILES string of the molecule is O=C(Nc1ccc(Cl)c(Cl)c1)C1(C2CC2)CCCCC1. The molecule has 0 bridgehead atoms. The Labute approximate surface area is 129 Å². The molecule has 1 N–H and O–H groups in total. The molecule has 0 heterocycles. The molecule has 0 aliphatic heterocycles. The second kappa shape index (κ2) is 5.57. The first kappa shape index (κ1) is 14.2. The predicted octanol–water partition coefficient (Wildman–Crippen LogP) is 5.29. The minimum absolute atomic E-state index is 0.135. The molecule has 0 aromatic heterocycles. The molecule has 2 aliphatic rings. The van der Waals surface area contributed by atoms with Crippen molar-refractivity contribution >= 4 is 34.8 Å². The van der Waals surface area contributed by atoms with E-state index in [4.69, 9.17) is 23.2 Å². The average Bonchev–Trinajstić information content (AvgIpc) is 3.28. The maximum atomic E-state index is 12.8. The monoisotopic (exact) mass is 311 g/mol. The maximum absolute atomic E-state index is 12.8. The number of halogens is 2. The molecular weight excluding hydrogens is 293 g/mol. The fraction of sp³-hybridized carbons (Fsp3) is 0.562. The lowest BCUT2D eigenvalue weighted by atomic mass is 9.69. The van der Waals surface area contributed by atoms with Crippen LogP contribution in [0.25, 0.3) is 0 Å². The lowest BCUT2D eigenvalue weighted by molar-refractivity contribution is -0.128. The van der Waals surface area contributed by atoms with Crippen molar-refractivity contribution in [3.8, 4) is 0 Å². The maximum Gasteiger partial charge on any atom is 0.230 e. The van der Waals surface area contributed by atoms with Crippen LogP contribution in [-0.4, -0.2) is 5.91 Å². The van der Waals surface area contributed by atoms with Gasteiger partial charge in [0.25, 0.3) is 0 Å². The number of rotatable bonds is 3. The average molecular weight is 312 g/mol. The highest BCUT2D eigenvalue weighted by Gasteiger charge is 2.50. The quantitative estimate of drug-likeness (QED) is 0.807. The molecule has 1 aromatic rings. The second-order valence-corrected chi connectivity index (χ2v) is 6.89. The third kappa shape index (κ3) is 2.68. The van der Waals surface area contributed by atoms with Gasteiger partial charge in [-0.05, 0) is 49.8 Å². The van der Waals surface area contributed by atoms with Crippen molar-refractivity contribution in [2.75, 3.05) is 5.32 Å². The van der Waals surface area contributed by atoms with Crippen LogP contribution in [0.4, 0.5) is 5.69 Å². The van der Waals surface area contributed by atoms with E-state index in [1.165, 1.54) is 32.1 Å². The fourth-order valence-electron chi connectivity index (χ4n) is 3.47. The van der Waals surface area contributed by atoms with E-state index in [0.29, 0.717) is 16.0 Å². The number of hydrogen-bond acceptors (Lipinski definition) is 1. The normalized spacial score (nSPS) is 21.5. The molecule has 0 unspecified atom stereocenters. The van der Waals surface area contributed by atoms with E-state index >= 15 is 0 Å². The van der Waals surface area contributed by atoms with Crippen LogP contribution in [0.2, 0.25) is 10.0 Å². The van der Waals surface area contributed by atoms with Crippen LogP contribution in [0, 0.1) is 11.3 Å². The molecule has 0 spiro atoms. The topological polar surface area (TPSA) is 29.1 Å². The summed E-state index contributed by atoms with van der Waals surface area (Å²) in [6, 6.07) is 5.27. The zero-order valence-electron chi connectivity index (χ0n) is 11.4. The van der Waals surface area contributed by atoms with Crippen LogP contribution in [0.5, 0.6) is 0 Å². The van der Waals surface area contributed by atoms with E-state index < -0.39 is 0 Å². The molecule has 108 valence electrons. The van der Waals surface area contributed by atoms with Crippen LogP contribution in [0.1, 0.15) is 44.9 Å². The summed E-state index contributed by atoms with van der Waals surface area (Å²) in [6.07, 6.45) is 8.07. The molecule has 2 saturated carbocycles. The van der Waals surface area contributed by atoms with Crippen LogP contribution in [-0.2, 0) is 4.79 Å². The van der Waals surface area contributed by atoms with Gasteiger partial charge < -0.3 is 5.32 Å². The van der Waals surface area contributed by atoms with Gasteiger partial charge in [-0.1, -0.05) is 42.5 Å². The van der Waals surface area contributed by atoms with Gasteiger partial charge in [0.15, 0.2) is 0 Å². The van der Waals surface area contributed by atoms with Gasteiger partial charge in [0.2, 0.25) is 5.91 Å². The van der Waals surface area contributed by atoms with Crippen molar-refractivity contribution in [2.45, 2.75) is 44.9 Å². The first-order chi connectivity index (χ1) is 9.62. The van der Waals surface area contributed by atoms with Crippen LogP contribution >= 0.6 is 23.2 Å². The van der Waals surface area contributed by atoms with Gasteiger partial charge in [0, 0.05) is 5.69 Å².